The molecule has 0 heterocycles. The van der Waals surface area contributed by atoms with E-state index in [1.807, 2.05) is 0 Å². The van der Waals surface area contributed by atoms with E-state index in [9.17, 15) is 4.79 Å². The average molecular weight is 232 g/mol. The van der Waals surface area contributed by atoms with Crippen molar-refractivity contribution in [2.75, 3.05) is 5.73 Å². The van der Waals surface area contributed by atoms with Crippen LogP contribution in [0.1, 0.15) is 22.8 Å². The summed E-state index contributed by atoms with van der Waals surface area (Å²) in [6, 6.07) is 5.14. The van der Waals surface area contributed by atoms with Crippen molar-refractivity contribution in [3.63, 3.8) is 0 Å². The van der Waals surface area contributed by atoms with Gasteiger partial charge in [0, 0.05) is 17.1 Å². The number of rotatable bonds is 3. The third kappa shape index (κ3) is 2.40. The van der Waals surface area contributed by atoms with Crippen molar-refractivity contribution in [2.45, 2.75) is 18.2 Å². The van der Waals surface area contributed by atoms with Gasteiger partial charge < -0.3 is 5.73 Å². The first-order valence-electron chi connectivity index (χ1n) is 4.19. The van der Waals surface area contributed by atoms with Crippen LogP contribution >= 0.6 is 23.2 Å². The molecule has 0 radical (unpaired) electrons. The molecule has 2 nitrogen and oxygen atoms in total. The molecular formula is C10H11Cl2NO. The van der Waals surface area contributed by atoms with Gasteiger partial charge in [-0.15, -0.1) is 23.2 Å². The molecule has 1 aromatic carbocycles. The zero-order valence-corrected chi connectivity index (χ0v) is 9.27. The predicted molar refractivity (Wildman–Crippen MR) is 60.1 cm³/mol. The Kier molecular flexibility index (Phi) is 3.78. The van der Waals surface area contributed by atoms with E-state index >= 15 is 0 Å². The molecule has 0 aliphatic carbocycles. The first-order valence-corrected chi connectivity index (χ1v) is 5.16. The number of carbonyl (C=O) groups excluding carboxylic acids is 1. The molecule has 4 heteroatoms. The van der Waals surface area contributed by atoms with E-state index in [1.165, 1.54) is 0 Å². The summed E-state index contributed by atoms with van der Waals surface area (Å²) in [5.41, 5.74) is 7.41. The largest absolute Gasteiger partial charge is 0.398 e. The van der Waals surface area contributed by atoms with Gasteiger partial charge in [0.25, 0.3) is 0 Å². The lowest BCUT2D eigenvalue weighted by molar-refractivity contribution is 0.0992. The molecule has 1 aromatic rings. The van der Waals surface area contributed by atoms with Gasteiger partial charge in [-0.05, 0) is 24.6 Å². The van der Waals surface area contributed by atoms with E-state index in [4.69, 9.17) is 28.9 Å². The van der Waals surface area contributed by atoms with Crippen LogP contribution in [0, 0.1) is 0 Å². The summed E-state index contributed by atoms with van der Waals surface area (Å²) in [5.74, 6) is 0.188. The Morgan fingerprint density at radius 3 is 2.71 bits per heavy atom. The van der Waals surface area contributed by atoms with E-state index in [2.05, 4.69) is 0 Å². The van der Waals surface area contributed by atoms with Crippen molar-refractivity contribution in [3.8, 4) is 0 Å². The second-order valence-electron chi connectivity index (χ2n) is 3.04. The highest BCUT2D eigenvalue weighted by Gasteiger charge is 2.15. The van der Waals surface area contributed by atoms with E-state index in [0.717, 1.165) is 5.56 Å². The number of anilines is 1. The minimum atomic E-state index is -0.567. The molecule has 0 aliphatic rings. The molecule has 0 aliphatic heterocycles. The van der Waals surface area contributed by atoms with Crippen LogP contribution in [0.25, 0.3) is 0 Å². The van der Waals surface area contributed by atoms with Gasteiger partial charge in [-0.3, -0.25) is 4.79 Å². The Labute approximate surface area is 93.0 Å². The fourth-order valence-corrected chi connectivity index (χ4v) is 1.40. The molecule has 0 saturated heterocycles. The molecule has 1 unspecified atom stereocenters. The molecule has 0 bridgehead atoms. The maximum Gasteiger partial charge on any atom is 0.182 e. The minimum Gasteiger partial charge on any atom is -0.398 e. The molecule has 76 valence electrons. The topological polar surface area (TPSA) is 43.1 Å². The highest BCUT2D eigenvalue weighted by atomic mass is 35.5. The quantitative estimate of drug-likeness (QED) is 0.494. The Morgan fingerprint density at radius 1 is 1.57 bits per heavy atom. The lowest BCUT2D eigenvalue weighted by Crippen LogP contribution is -2.13. The number of halogens is 2. The second-order valence-corrected chi connectivity index (χ2v) is 3.96. The van der Waals surface area contributed by atoms with E-state index < -0.39 is 5.38 Å². The van der Waals surface area contributed by atoms with Crippen molar-refractivity contribution in [1.29, 1.82) is 0 Å². The molecular weight excluding hydrogens is 221 g/mol. The summed E-state index contributed by atoms with van der Waals surface area (Å²) in [4.78, 5) is 11.6. The summed E-state index contributed by atoms with van der Waals surface area (Å²) < 4.78 is 0. The van der Waals surface area contributed by atoms with Gasteiger partial charge in [-0.25, -0.2) is 0 Å². The van der Waals surface area contributed by atoms with Crippen LogP contribution in [-0.2, 0) is 5.88 Å². The number of alkyl halides is 2. The van der Waals surface area contributed by atoms with Crippen LogP contribution < -0.4 is 5.73 Å². The lowest BCUT2D eigenvalue weighted by atomic mass is 10.0. The monoisotopic (exact) mass is 231 g/mol. The summed E-state index contributed by atoms with van der Waals surface area (Å²) in [6.07, 6.45) is 0. The first kappa shape index (κ1) is 11.3. The number of benzene rings is 1. The third-order valence-corrected chi connectivity index (χ3v) is 2.41. The van der Waals surface area contributed by atoms with Gasteiger partial charge in [0.2, 0.25) is 0 Å². The summed E-state index contributed by atoms with van der Waals surface area (Å²) in [7, 11) is 0. The van der Waals surface area contributed by atoms with Crippen LogP contribution in [0.2, 0.25) is 0 Å². The Morgan fingerprint density at radius 2 is 2.21 bits per heavy atom. The molecule has 0 spiro atoms. The van der Waals surface area contributed by atoms with Crippen molar-refractivity contribution in [3.05, 3.63) is 29.3 Å². The molecule has 14 heavy (non-hydrogen) atoms. The SMILES string of the molecule is CC(Cl)C(=O)c1cc(CCl)ccc1N. The fourth-order valence-electron chi connectivity index (χ4n) is 1.11. The summed E-state index contributed by atoms with van der Waals surface area (Å²) >= 11 is 11.3. The van der Waals surface area contributed by atoms with E-state index in [0.29, 0.717) is 17.1 Å². The smallest absolute Gasteiger partial charge is 0.182 e. The van der Waals surface area contributed by atoms with Gasteiger partial charge >= 0.3 is 0 Å². The molecule has 1 atom stereocenters. The van der Waals surface area contributed by atoms with Gasteiger partial charge in [-0.2, -0.15) is 0 Å². The number of hydrogen-bond donors (Lipinski definition) is 1. The zero-order valence-electron chi connectivity index (χ0n) is 7.76. The fraction of sp³-hybridized carbons (Fsp3) is 0.300. The minimum absolute atomic E-state index is 0.170. The van der Waals surface area contributed by atoms with Crippen molar-refractivity contribution in [2.24, 2.45) is 0 Å². The van der Waals surface area contributed by atoms with Crippen LogP contribution in [0.3, 0.4) is 0 Å². The second kappa shape index (κ2) is 4.67. The summed E-state index contributed by atoms with van der Waals surface area (Å²) in [5, 5.41) is -0.567. The number of nitrogens with two attached hydrogens (primary N) is 1. The number of nitrogen functional groups attached to an aromatic ring is 1. The normalized spacial score (nSPS) is 12.5. The molecule has 2 N–H and O–H groups in total. The standard InChI is InChI=1S/C10H11Cl2NO/c1-6(12)10(14)8-4-7(5-11)2-3-9(8)13/h2-4,6H,5,13H2,1H3. The highest BCUT2D eigenvalue weighted by Crippen LogP contribution is 2.18. The Bertz CT molecular complexity index is 350. The van der Waals surface area contributed by atoms with Gasteiger partial charge in [0.15, 0.2) is 5.78 Å². The number of hydrogen-bond acceptors (Lipinski definition) is 2. The molecule has 1 rings (SSSR count). The first-order chi connectivity index (χ1) is 6.56. The van der Waals surface area contributed by atoms with Crippen LogP contribution in [-0.4, -0.2) is 11.2 Å². The average Bonchev–Trinajstić information content (AvgIpc) is 2.17. The zero-order chi connectivity index (χ0) is 10.7. The van der Waals surface area contributed by atoms with E-state index in [-0.39, 0.29) is 5.78 Å². The highest BCUT2D eigenvalue weighted by molar-refractivity contribution is 6.34. The van der Waals surface area contributed by atoms with Crippen molar-refractivity contribution >= 4 is 34.7 Å². The van der Waals surface area contributed by atoms with Crippen molar-refractivity contribution in [1.82, 2.24) is 0 Å². The maximum absolute atomic E-state index is 11.6. The number of ketones is 1. The molecule has 0 aromatic heterocycles. The Hall–Kier alpha value is -0.730. The Balaban J connectivity index is 3.12. The van der Waals surface area contributed by atoms with Gasteiger partial charge in [0.1, 0.15) is 0 Å². The number of Topliss-reactive ketones (excluding diaryl/α,β-unsaturated/α-hetero) is 1. The summed E-state index contributed by atoms with van der Waals surface area (Å²) in [6.45, 7) is 1.62. The van der Waals surface area contributed by atoms with Crippen LogP contribution in [0.4, 0.5) is 5.69 Å². The van der Waals surface area contributed by atoms with Crippen LogP contribution in [0.5, 0.6) is 0 Å². The van der Waals surface area contributed by atoms with Crippen molar-refractivity contribution < 1.29 is 4.79 Å². The predicted octanol–water partition coefficient (Wildman–Crippen LogP) is 2.82. The number of carbonyl (C=O) groups is 1. The molecule has 0 fully saturated rings. The maximum atomic E-state index is 11.6. The van der Waals surface area contributed by atoms with Crippen LogP contribution in [0.15, 0.2) is 18.2 Å². The van der Waals surface area contributed by atoms with E-state index in [1.54, 1.807) is 25.1 Å². The lowest BCUT2D eigenvalue weighted by Gasteiger charge is -2.07. The van der Waals surface area contributed by atoms with Gasteiger partial charge in [-0.1, -0.05) is 6.07 Å². The molecule has 0 amide bonds. The molecule has 0 saturated carbocycles. The van der Waals surface area contributed by atoms with Gasteiger partial charge in [0.05, 0.1) is 5.38 Å². The third-order valence-electron chi connectivity index (χ3n) is 1.90.